The minimum absolute atomic E-state index is 0. The highest BCUT2D eigenvalue weighted by molar-refractivity contribution is 7.96. The van der Waals surface area contributed by atoms with Crippen LogP contribution in [0.1, 0.15) is 5.56 Å². The SMILES string of the molecule is CN(SOCCc1ccncc1)c1ccc(N)cc1.S. The van der Waals surface area contributed by atoms with Gasteiger partial charge < -0.3 is 5.73 Å². The van der Waals surface area contributed by atoms with Crippen molar-refractivity contribution in [3.63, 3.8) is 0 Å². The van der Waals surface area contributed by atoms with Crippen molar-refractivity contribution >= 4 is 37.1 Å². The van der Waals surface area contributed by atoms with Gasteiger partial charge in [0, 0.05) is 30.8 Å². The van der Waals surface area contributed by atoms with E-state index in [1.54, 1.807) is 12.4 Å². The van der Waals surface area contributed by atoms with Crippen LogP contribution in [0.4, 0.5) is 11.4 Å². The molecule has 0 saturated heterocycles. The largest absolute Gasteiger partial charge is 0.399 e. The Balaban J connectivity index is 0.00000200. The minimum atomic E-state index is 0. The fraction of sp³-hybridized carbons (Fsp3) is 0.214. The third kappa shape index (κ3) is 5.32. The molecule has 2 aromatic rings. The summed E-state index contributed by atoms with van der Waals surface area (Å²) in [4.78, 5) is 3.98. The van der Waals surface area contributed by atoms with E-state index in [1.807, 2.05) is 47.8 Å². The molecule has 1 heterocycles. The van der Waals surface area contributed by atoms with Crippen molar-refractivity contribution in [3.05, 3.63) is 54.4 Å². The zero-order valence-corrected chi connectivity index (χ0v) is 13.1. The van der Waals surface area contributed by atoms with Gasteiger partial charge in [-0.25, -0.2) is 0 Å². The number of rotatable bonds is 6. The fourth-order valence-corrected chi connectivity index (χ4v) is 2.08. The molecule has 0 radical (unpaired) electrons. The second-order valence-electron chi connectivity index (χ2n) is 4.09. The van der Waals surface area contributed by atoms with E-state index in [4.69, 9.17) is 9.92 Å². The highest BCUT2D eigenvalue weighted by Crippen LogP contribution is 2.22. The first kappa shape index (κ1) is 16.7. The predicted molar refractivity (Wildman–Crippen MR) is 91.1 cm³/mol. The van der Waals surface area contributed by atoms with Crippen LogP contribution in [0.15, 0.2) is 48.8 Å². The number of hydrogen-bond acceptors (Lipinski definition) is 5. The van der Waals surface area contributed by atoms with Crippen molar-refractivity contribution in [2.45, 2.75) is 6.42 Å². The van der Waals surface area contributed by atoms with Gasteiger partial charge in [-0.1, -0.05) is 0 Å². The average Bonchev–Trinajstić information content (AvgIpc) is 2.45. The molecular formula is C14H19N3OS2. The Kier molecular flexibility index (Phi) is 7.28. The molecule has 0 fully saturated rings. The van der Waals surface area contributed by atoms with E-state index in [2.05, 4.69) is 4.98 Å². The molecule has 6 heteroatoms. The molecule has 1 aromatic heterocycles. The van der Waals surface area contributed by atoms with Crippen LogP contribution in [0.5, 0.6) is 0 Å². The second kappa shape index (κ2) is 8.73. The third-order valence-corrected chi connectivity index (χ3v) is 3.35. The van der Waals surface area contributed by atoms with E-state index >= 15 is 0 Å². The fourth-order valence-electron chi connectivity index (χ4n) is 1.55. The van der Waals surface area contributed by atoms with Gasteiger partial charge in [0.2, 0.25) is 0 Å². The van der Waals surface area contributed by atoms with Crippen LogP contribution in [0.25, 0.3) is 0 Å². The number of anilines is 2. The molecule has 0 aliphatic heterocycles. The van der Waals surface area contributed by atoms with Crippen molar-refractivity contribution in [3.8, 4) is 0 Å². The Bertz CT molecular complexity index is 494. The van der Waals surface area contributed by atoms with Crippen LogP contribution in [0.3, 0.4) is 0 Å². The van der Waals surface area contributed by atoms with Gasteiger partial charge in [-0.15, -0.1) is 0 Å². The van der Waals surface area contributed by atoms with Gasteiger partial charge in [-0.2, -0.15) is 13.5 Å². The molecule has 108 valence electrons. The van der Waals surface area contributed by atoms with E-state index < -0.39 is 0 Å². The van der Waals surface area contributed by atoms with Crippen molar-refractivity contribution < 1.29 is 4.18 Å². The first-order valence-electron chi connectivity index (χ1n) is 6.03. The standard InChI is InChI=1S/C14H17N3OS.H2S/c1-17(14-4-2-13(15)3-5-14)19-18-11-8-12-6-9-16-10-7-12;/h2-7,9-10H,8,11,15H2,1H3;1H2. The number of hydrogen-bond donors (Lipinski definition) is 1. The van der Waals surface area contributed by atoms with Crippen LogP contribution in [-0.4, -0.2) is 18.6 Å². The lowest BCUT2D eigenvalue weighted by Crippen LogP contribution is -2.08. The number of benzene rings is 1. The van der Waals surface area contributed by atoms with Gasteiger partial charge in [0.1, 0.15) is 12.2 Å². The topological polar surface area (TPSA) is 51.4 Å². The third-order valence-electron chi connectivity index (χ3n) is 2.64. The second-order valence-corrected chi connectivity index (χ2v) is 5.02. The molecule has 0 unspecified atom stereocenters. The van der Waals surface area contributed by atoms with Crippen molar-refractivity contribution in [1.29, 1.82) is 0 Å². The van der Waals surface area contributed by atoms with Crippen LogP contribution in [0, 0.1) is 0 Å². The van der Waals surface area contributed by atoms with E-state index in [0.717, 1.165) is 17.8 Å². The van der Waals surface area contributed by atoms with Crippen molar-refractivity contribution in [1.82, 2.24) is 4.98 Å². The zero-order valence-electron chi connectivity index (χ0n) is 11.3. The quantitative estimate of drug-likeness (QED) is 0.385. The molecule has 0 spiro atoms. The molecule has 0 amide bonds. The number of nitrogens with two attached hydrogens (primary N) is 1. The summed E-state index contributed by atoms with van der Waals surface area (Å²) in [5.41, 5.74) is 8.70. The van der Waals surface area contributed by atoms with Gasteiger partial charge in [-0.3, -0.25) is 13.5 Å². The molecular weight excluding hydrogens is 290 g/mol. The molecule has 0 bridgehead atoms. The Morgan fingerprint density at radius 2 is 1.80 bits per heavy atom. The highest BCUT2D eigenvalue weighted by atomic mass is 32.2. The maximum atomic E-state index is 5.65. The van der Waals surface area contributed by atoms with Crippen LogP contribution < -0.4 is 10.0 Å². The summed E-state index contributed by atoms with van der Waals surface area (Å²) >= 11 is 1.33. The van der Waals surface area contributed by atoms with E-state index in [0.29, 0.717) is 6.61 Å². The van der Waals surface area contributed by atoms with Gasteiger partial charge in [0.25, 0.3) is 0 Å². The summed E-state index contributed by atoms with van der Waals surface area (Å²) in [6.45, 7) is 0.661. The molecule has 0 atom stereocenters. The lowest BCUT2D eigenvalue weighted by molar-refractivity contribution is 0.378. The van der Waals surface area contributed by atoms with Gasteiger partial charge >= 0.3 is 0 Å². The highest BCUT2D eigenvalue weighted by Gasteiger charge is 2.02. The molecule has 2 rings (SSSR count). The first-order chi connectivity index (χ1) is 9.25. The Labute approximate surface area is 131 Å². The maximum absolute atomic E-state index is 5.65. The monoisotopic (exact) mass is 309 g/mol. The van der Waals surface area contributed by atoms with Gasteiger partial charge in [0.05, 0.1) is 6.61 Å². The number of nitrogens with zero attached hydrogens (tertiary/aromatic N) is 2. The lowest BCUT2D eigenvalue weighted by atomic mass is 10.2. The van der Waals surface area contributed by atoms with E-state index in [1.165, 1.54) is 17.8 Å². The smallest absolute Gasteiger partial charge is 0.114 e. The molecule has 20 heavy (non-hydrogen) atoms. The first-order valence-corrected chi connectivity index (χ1v) is 6.73. The molecule has 0 aliphatic rings. The van der Waals surface area contributed by atoms with Crippen molar-refractivity contribution in [2.24, 2.45) is 0 Å². The molecule has 4 nitrogen and oxygen atoms in total. The Hall–Kier alpha value is -1.37. The summed E-state index contributed by atoms with van der Waals surface area (Å²) in [5, 5.41) is 0. The van der Waals surface area contributed by atoms with Crippen LogP contribution >= 0.6 is 25.7 Å². The summed E-state index contributed by atoms with van der Waals surface area (Å²) in [6, 6.07) is 11.7. The van der Waals surface area contributed by atoms with E-state index in [9.17, 15) is 0 Å². The van der Waals surface area contributed by atoms with Crippen LogP contribution in [-0.2, 0) is 10.6 Å². The lowest BCUT2D eigenvalue weighted by Gasteiger charge is -2.16. The Morgan fingerprint density at radius 3 is 2.45 bits per heavy atom. The maximum Gasteiger partial charge on any atom is 0.114 e. The van der Waals surface area contributed by atoms with E-state index in [-0.39, 0.29) is 13.5 Å². The predicted octanol–water partition coefficient (Wildman–Crippen LogP) is 3.04. The van der Waals surface area contributed by atoms with Gasteiger partial charge in [-0.05, 0) is 48.4 Å². The molecule has 2 N–H and O–H groups in total. The number of aromatic nitrogens is 1. The number of nitrogen functional groups attached to an aromatic ring is 1. The summed E-state index contributed by atoms with van der Waals surface area (Å²) < 4.78 is 7.54. The number of pyridine rings is 1. The summed E-state index contributed by atoms with van der Waals surface area (Å²) in [7, 11) is 1.96. The molecule has 0 saturated carbocycles. The summed E-state index contributed by atoms with van der Waals surface area (Å²) in [5.74, 6) is 0. The zero-order chi connectivity index (χ0) is 13.5. The summed E-state index contributed by atoms with van der Waals surface area (Å²) in [6.07, 6.45) is 4.47. The normalized spacial score (nSPS) is 9.85. The van der Waals surface area contributed by atoms with Crippen molar-refractivity contribution in [2.75, 3.05) is 23.7 Å². The Morgan fingerprint density at radius 1 is 1.15 bits per heavy atom. The molecule has 0 aliphatic carbocycles. The average molecular weight is 309 g/mol. The minimum Gasteiger partial charge on any atom is -0.399 e. The van der Waals surface area contributed by atoms with Gasteiger partial charge in [0.15, 0.2) is 0 Å². The molecule has 1 aromatic carbocycles. The van der Waals surface area contributed by atoms with Crippen LogP contribution in [0.2, 0.25) is 0 Å².